The molecule has 5 rings (SSSR count). The second kappa shape index (κ2) is 12.3. The molecule has 2 nitrogen and oxygen atoms in total. The fourth-order valence-electron chi connectivity index (χ4n) is 6.94. The van der Waals surface area contributed by atoms with E-state index in [0.717, 1.165) is 11.3 Å². The first-order valence-corrected chi connectivity index (χ1v) is 17.4. The monoisotopic (exact) mass is 547 g/mol. The summed E-state index contributed by atoms with van der Waals surface area (Å²) in [5, 5.41) is 4.12. The van der Waals surface area contributed by atoms with Crippen LogP contribution in [0.1, 0.15) is 102 Å². The smallest absolute Gasteiger partial charge is 0.100 e. The highest BCUT2D eigenvalue weighted by Crippen LogP contribution is 2.56. The molecule has 0 amide bonds. The van der Waals surface area contributed by atoms with Crippen LogP contribution in [0.15, 0.2) is 66.7 Å². The molecule has 3 aromatic carbocycles. The summed E-state index contributed by atoms with van der Waals surface area (Å²) in [5.41, 5.74) is 4.33. The Kier molecular flexibility index (Phi) is 9.08. The lowest BCUT2D eigenvalue weighted by Crippen LogP contribution is -2.39. The van der Waals surface area contributed by atoms with Crippen molar-refractivity contribution >= 4 is 35.0 Å². The zero-order valence-electron chi connectivity index (χ0n) is 23.9. The van der Waals surface area contributed by atoms with E-state index in [2.05, 4.69) is 98.9 Å². The largest absolute Gasteiger partial charge is 0.242 e. The minimum atomic E-state index is -1.15. The van der Waals surface area contributed by atoms with Crippen molar-refractivity contribution in [3.8, 4) is 0 Å². The maximum Gasteiger partial charge on any atom is 0.100 e. The molecule has 0 radical (unpaired) electrons. The average molecular weight is 548 g/mol. The summed E-state index contributed by atoms with van der Waals surface area (Å²) in [6.07, 6.45) is 13.9. The predicted molar refractivity (Wildman–Crippen MR) is 168 cm³/mol. The normalized spacial score (nSPS) is 19.7. The molecule has 0 N–H and O–H groups in total. The topological polar surface area (TPSA) is 20.3 Å². The fraction of sp³-hybridized carbons (Fsp3) is 0.529. The molecule has 204 valence electrons. The van der Waals surface area contributed by atoms with Crippen molar-refractivity contribution in [1.29, 1.82) is 0 Å². The molecule has 0 heterocycles. The number of fused-ring (bicyclic) bond motifs is 1. The molecule has 0 aliphatic heterocycles. The van der Waals surface area contributed by atoms with Crippen LogP contribution in [0.3, 0.4) is 0 Å². The first-order chi connectivity index (χ1) is 18.4. The number of benzene rings is 3. The van der Waals surface area contributed by atoms with Crippen LogP contribution in [-0.2, 0) is 11.0 Å². The number of hydrogen-bond acceptors (Lipinski definition) is 1. The third-order valence-corrected chi connectivity index (χ3v) is 14.1. The van der Waals surface area contributed by atoms with Gasteiger partial charge in [-0.05, 0) is 85.0 Å². The van der Waals surface area contributed by atoms with Crippen molar-refractivity contribution < 1.29 is 4.21 Å². The van der Waals surface area contributed by atoms with Gasteiger partial charge in [0.05, 0.1) is 10.8 Å². The second-order valence-corrected chi connectivity index (χ2v) is 17.5. The van der Waals surface area contributed by atoms with Crippen LogP contribution < -0.4 is 5.30 Å². The minimum absolute atomic E-state index is 0.0467. The predicted octanol–water partition coefficient (Wildman–Crippen LogP) is 9.10. The Morgan fingerprint density at radius 1 is 0.737 bits per heavy atom. The molecule has 0 aromatic heterocycles. The lowest BCUT2D eigenvalue weighted by atomic mass is 9.93. The van der Waals surface area contributed by atoms with E-state index in [1.165, 1.54) is 86.1 Å². The summed E-state index contributed by atoms with van der Waals surface area (Å²) in [6.45, 7) is 6.30. The van der Waals surface area contributed by atoms with Gasteiger partial charge in [-0.2, -0.15) is 0 Å². The molecule has 2 fully saturated rings. The van der Waals surface area contributed by atoms with E-state index in [4.69, 9.17) is 0 Å². The molecule has 2 saturated carbocycles. The van der Waals surface area contributed by atoms with Crippen LogP contribution in [0.4, 0.5) is 0 Å². The fourth-order valence-corrected chi connectivity index (χ4v) is 12.2. The molecule has 0 spiro atoms. The summed E-state index contributed by atoms with van der Waals surface area (Å²) >= 11 is 0. The van der Waals surface area contributed by atoms with Gasteiger partial charge in [0.15, 0.2) is 0 Å². The Hall–Kier alpha value is -1.54. The van der Waals surface area contributed by atoms with E-state index in [1.807, 2.05) is 0 Å². The highest BCUT2D eigenvalue weighted by atomic mass is 32.2. The van der Waals surface area contributed by atoms with Gasteiger partial charge in [0, 0.05) is 7.05 Å². The molecule has 2 aliphatic rings. The van der Waals surface area contributed by atoms with E-state index in [-0.39, 0.29) is 18.7 Å². The lowest BCUT2D eigenvalue weighted by molar-refractivity contribution is 0.443. The van der Waals surface area contributed by atoms with Crippen molar-refractivity contribution in [3.05, 3.63) is 77.9 Å². The van der Waals surface area contributed by atoms with E-state index < -0.39 is 11.0 Å². The van der Waals surface area contributed by atoms with Gasteiger partial charge in [0.2, 0.25) is 0 Å². The number of hydrogen-bond donors (Lipinski definition) is 0. The molecule has 4 heteroatoms. The summed E-state index contributed by atoms with van der Waals surface area (Å²) < 4.78 is 15.9. The Balaban J connectivity index is 1.69. The highest BCUT2D eigenvalue weighted by Gasteiger charge is 2.37. The summed E-state index contributed by atoms with van der Waals surface area (Å²) in [6, 6.07) is 24.7. The van der Waals surface area contributed by atoms with E-state index >= 15 is 0 Å². The molecule has 38 heavy (non-hydrogen) atoms. The van der Waals surface area contributed by atoms with Crippen LogP contribution in [0.25, 0.3) is 10.8 Å². The summed E-state index contributed by atoms with van der Waals surface area (Å²) in [7, 11) is 0.668. The van der Waals surface area contributed by atoms with E-state index in [1.54, 1.807) is 5.30 Å². The third-order valence-electron chi connectivity index (χ3n) is 8.71. The number of nitrogens with zero attached hydrogens (tertiary/aromatic N) is 1. The first kappa shape index (κ1) is 28.0. The Bertz CT molecular complexity index is 1220. The van der Waals surface area contributed by atoms with Crippen LogP contribution >= 0.6 is 7.92 Å². The lowest BCUT2D eigenvalue weighted by Gasteiger charge is -2.41. The Morgan fingerprint density at radius 2 is 1.26 bits per heavy atom. The molecule has 2 atom stereocenters. The van der Waals surface area contributed by atoms with E-state index in [0.29, 0.717) is 0 Å². The zero-order valence-corrected chi connectivity index (χ0v) is 25.6. The summed E-state index contributed by atoms with van der Waals surface area (Å²) in [4.78, 5) is 0. The number of rotatable bonds is 7. The van der Waals surface area contributed by atoms with Gasteiger partial charge in [-0.15, -0.1) is 0 Å². The van der Waals surface area contributed by atoms with Crippen LogP contribution in [0.5, 0.6) is 0 Å². The molecule has 2 aliphatic carbocycles. The van der Waals surface area contributed by atoms with Crippen molar-refractivity contribution in [1.82, 2.24) is 4.31 Å². The van der Waals surface area contributed by atoms with Crippen LogP contribution in [0.2, 0.25) is 0 Å². The van der Waals surface area contributed by atoms with E-state index in [9.17, 15) is 4.21 Å². The van der Waals surface area contributed by atoms with Gasteiger partial charge in [-0.1, -0.05) is 113 Å². The summed E-state index contributed by atoms with van der Waals surface area (Å²) in [5.74, 6) is 0. The molecular formula is C34H46NOPS. The highest BCUT2D eigenvalue weighted by molar-refractivity contribution is 7.84. The van der Waals surface area contributed by atoms with Crippen molar-refractivity contribution in [3.63, 3.8) is 0 Å². The maximum absolute atomic E-state index is 14.0. The first-order valence-electron chi connectivity index (χ1n) is 14.9. The van der Waals surface area contributed by atoms with Gasteiger partial charge in [-0.3, -0.25) is 0 Å². The SMILES string of the molecule is CN([C@H](c1ccccc1P(C1CCCCC1)C1CCCCC1)c1cccc2ccccc12)S(=O)C(C)(C)C. The van der Waals surface area contributed by atoms with Crippen molar-refractivity contribution in [2.24, 2.45) is 0 Å². The third kappa shape index (κ3) is 5.96. The minimum Gasteiger partial charge on any atom is -0.242 e. The quantitative estimate of drug-likeness (QED) is 0.270. The molecule has 0 bridgehead atoms. The van der Waals surface area contributed by atoms with Gasteiger partial charge < -0.3 is 0 Å². The van der Waals surface area contributed by atoms with Gasteiger partial charge >= 0.3 is 0 Å². The van der Waals surface area contributed by atoms with Crippen molar-refractivity contribution in [2.45, 2.75) is 107 Å². The average Bonchev–Trinajstić information content (AvgIpc) is 2.94. The van der Waals surface area contributed by atoms with Gasteiger partial charge in [0.25, 0.3) is 0 Å². The standard InChI is InChI=1S/C34H46NOPS/c1-34(2,3)38(36)35(4)33(30-24-15-17-26-16-11-12-22-29(26)30)31-23-13-14-25-32(31)37(27-18-7-5-8-19-27)28-20-9-6-10-21-28/h11-17,22-25,27-28,33H,5-10,18-21H2,1-4H3/t33-,38?/m0/s1. The van der Waals surface area contributed by atoms with Gasteiger partial charge in [-0.25, -0.2) is 8.51 Å². The van der Waals surface area contributed by atoms with Crippen LogP contribution in [-0.4, -0.2) is 31.6 Å². The Morgan fingerprint density at radius 3 is 1.89 bits per heavy atom. The Labute approximate surface area is 234 Å². The van der Waals surface area contributed by atoms with Crippen LogP contribution in [0, 0.1) is 0 Å². The molecule has 0 saturated heterocycles. The second-order valence-electron chi connectivity index (χ2n) is 12.4. The molecule has 3 aromatic rings. The molecule has 1 unspecified atom stereocenters. The molecular weight excluding hydrogens is 501 g/mol. The van der Waals surface area contributed by atoms with Gasteiger partial charge in [0.1, 0.15) is 11.0 Å². The maximum atomic E-state index is 14.0. The zero-order chi connectivity index (χ0) is 26.7. The van der Waals surface area contributed by atoms with Crippen molar-refractivity contribution in [2.75, 3.05) is 7.05 Å².